The highest BCUT2D eigenvalue weighted by molar-refractivity contribution is 6.01. The number of hydrogen-bond acceptors (Lipinski definition) is 5. The van der Waals surface area contributed by atoms with Crippen LogP contribution in [0.15, 0.2) is 90.1 Å². The number of aliphatic hydroxyl groups is 1. The van der Waals surface area contributed by atoms with E-state index in [9.17, 15) is 14.7 Å². The normalized spacial score (nSPS) is 17.3. The molecule has 2 N–H and O–H groups in total. The van der Waals surface area contributed by atoms with Crippen LogP contribution in [0.3, 0.4) is 0 Å². The van der Waals surface area contributed by atoms with Gasteiger partial charge in [0, 0.05) is 31.0 Å². The molecule has 2 atom stereocenters. The summed E-state index contributed by atoms with van der Waals surface area (Å²) in [5, 5.41) is 17.1. The van der Waals surface area contributed by atoms with E-state index < -0.39 is 6.10 Å². The maximum atomic E-state index is 13.3. The molecule has 1 heterocycles. The van der Waals surface area contributed by atoms with Crippen LogP contribution in [-0.2, 0) is 9.63 Å². The molecule has 1 saturated heterocycles. The molecule has 0 bridgehead atoms. The van der Waals surface area contributed by atoms with Crippen molar-refractivity contribution < 1.29 is 19.5 Å². The second kappa shape index (κ2) is 11.4. The Kier molecular flexibility index (Phi) is 7.90. The molecule has 0 aliphatic carbocycles. The van der Waals surface area contributed by atoms with E-state index in [1.807, 2.05) is 84.9 Å². The molecule has 1 aliphatic rings. The predicted octanol–water partition coefficient (Wildman–Crippen LogP) is 3.81. The molecule has 1 fully saturated rings. The molecule has 1 aliphatic heterocycles. The molecule has 0 aromatic heterocycles. The van der Waals surface area contributed by atoms with Gasteiger partial charge in [0.05, 0.1) is 18.4 Å². The zero-order chi connectivity index (χ0) is 24.6. The van der Waals surface area contributed by atoms with E-state index in [4.69, 9.17) is 4.84 Å². The van der Waals surface area contributed by atoms with Gasteiger partial charge in [0.15, 0.2) is 0 Å². The van der Waals surface area contributed by atoms with Crippen LogP contribution in [0.2, 0.25) is 0 Å². The summed E-state index contributed by atoms with van der Waals surface area (Å²) in [6.07, 6.45) is -0.232. The quantitative estimate of drug-likeness (QED) is 0.489. The fourth-order valence-electron chi connectivity index (χ4n) is 4.28. The summed E-state index contributed by atoms with van der Waals surface area (Å²) >= 11 is 0. The Morgan fingerprint density at radius 2 is 1.63 bits per heavy atom. The largest absolute Gasteiger partial charge is 0.399 e. The fraction of sp³-hybridized carbons (Fsp3) is 0.250. The van der Waals surface area contributed by atoms with Gasteiger partial charge in [0.1, 0.15) is 7.11 Å². The lowest BCUT2D eigenvalue weighted by atomic mass is 10.0. The third-order valence-corrected chi connectivity index (χ3v) is 6.08. The highest BCUT2D eigenvalue weighted by Crippen LogP contribution is 2.24. The Bertz CT molecular complexity index is 1160. The van der Waals surface area contributed by atoms with Crippen molar-refractivity contribution >= 4 is 17.5 Å². The Balaban J connectivity index is 1.42. The van der Waals surface area contributed by atoms with E-state index in [-0.39, 0.29) is 30.8 Å². The minimum atomic E-state index is -0.796. The van der Waals surface area contributed by atoms with E-state index in [0.29, 0.717) is 24.2 Å². The Hall–Kier alpha value is -3.97. The number of nitrogens with one attached hydrogen (secondary N) is 1. The molecule has 35 heavy (non-hydrogen) atoms. The fourth-order valence-corrected chi connectivity index (χ4v) is 4.28. The summed E-state index contributed by atoms with van der Waals surface area (Å²) < 4.78 is 0. The number of aliphatic hydroxyl groups excluding tert-OH is 1. The molecule has 0 unspecified atom stereocenters. The molecule has 3 aromatic rings. The third kappa shape index (κ3) is 6.13. The number of benzene rings is 3. The topological polar surface area (TPSA) is 91.2 Å². The summed E-state index contributed by atoms with van der Waals surface area (Å²) in [4.78, 5) is 32.6. The van der Waals surface area contributed by atoms with Gasteiger partial charge < -0.3 is 20.2 Å². The smallest absolute Gasteiger partial charge is 0.254 e. The first kappa shape index (κ1) is 24.2. The summed E-state index contributed by atoms with van der Waals surface area (Å²) in [7, 11) is 1.46. The molecule has 0 spiro atoms. The Morgan fingerprint density at radius 1 is 1.00 bits per heavy atom. The number of likely N-dealkylation sites (tertiary alicyclic amines) is 1. The van der Waals surface area contributed by atoms with Crippen LogP contribution in [0.4, 0.5) is 0 Å². The van der Waals surface area contributed by atoms with Crippen LogP contribution in [0, 0.1) is 0 Å². The van der Waals surface area contributed by atoms with Crippen molar-refractivity contribution in [3.8, 4) is 11.1 Å². The van der Waals surface area contributed by atoms with Gasteiger partial charge in [-0.3, -0.25) is 9.59 Å². The third-order valence-electron chi connectivity index (χ3n) is 6.08. The zero-order valence-electron chi connectivity index (χ0n) is 19.6. The molecule has 2 amide bonds. The number of hydrogen-bond donors (Lipinski definition) is 2. The molecule has 3 aromatic carbocycles. The summed E-state index contributed by atoms with van der Waals surface area (Å²) in [5.41, 5.74) is 4.10. The number of carbonyl (C=O) groups excluding carboxylic acids is 2. The summed E-state index contributed by atoms with van der Waals surface area (Å²) in [6, 6.07) is 26.3. The average molecular weight is 472 g/mol. The minimum Gasteiger partial charge on any atom is -0.399 e. The standard InChI is InChI=1S/C28H29N3O4/c1-35-30-24-16-25(17-27(33)29-18-26(32)22-10-6-3-7-11-22)31(19-24)28(34)23-14-12-21(13-15-23)20-8-4-2-5-9-20/h2-15,25-26,32H,16-19H2,1H3,(H,29,33)/t25-,26-/m0/s1. The second-order valence-corrected chi connectivity index (χ2v) is 8.51. The zero-order valence-corrected chi connectivity index (χ0v) is 19.6. The van der Waals surface area contributed by atoms with Crippen molar-refractivity contribution in [2.45, 2.75) is 25.0 Å². The Morgan fingerprint density at radius 3 is 2.29 bits per heavy atom. The maximum Gasteiger partial charge on any atom is 0.254 e. The van der Waals surface area contributed by atoms with Gasteiger partial charge in [0.2, 0.25) is 5.91 Å². The number of amides is 2. The van der Waals surface area contributed by atoms with E-state index in [1.54, 1.807) is 4.90 Å². The first-order chi connectivity index (χ1) is 17.0. The van der Waals surface area contributed by atoms with Crippen molar-refractivity contribution in [3.05, 3.63) is 96.1 Å². The molecule has 0 radical (unpaired) electrons. The highest BCUT2D eigenvalue weighted by atomic mass is 16.6. The molecule has 7 heteroatoms. The monoisotopic (exact) mass is 471 g/mol. The van der Waals surface area contributed by atoms with E-state index in [0.717, 1.165) is 16.7 Å². The number of carbonyl (C=O) groups is 2. The van der Waals surface area contributed by atoms with Crippen LogP contribution in [0.5, 0.6) is 0 Å². The van der Waals surface area contributed by atoms with Gasteiger partial charge in [-0.1, -0.05) is 78.0 Å². The average Bonchev–Trinajstić information content (AvgIpc) is 3.30. The van der Waals surface area contributed by atoms with Gasteiger partial charge in [-0.05, 0) is 28.8 Å². The molecule has 0 saturated carbocycles. The van der Waals surface area contributed by atoms with Gasteiger partial charge in [-0.15, -0.1) is 0 Å². The molecular formula is C28H29N3O4. The lowest BCUT2D eigenvalue weighted by Crippen LogP contribution is -2.40. The van der Waals surface area contributed by atoms with Crippen molar-refractivity contribution in [2.24, 2.45) is 5.16 Å². The molecular weight excluding hydrogens is 442 g/mol. The number of oxime groups is 1. The van der Waals surface area contributed by atoms with Gasteiger partial charge in [-0.25, -0.2) is 0 Å². The second-order valence-electron chi connectivity index (χ2n) is 8.51. The summed E-state index contributed by atoms with van der Waals surface area (Å²) in [5.74, 6) is -0.395. The number of nitrogens with zero attached hydrogens (tertiary/aromatic N) is 2. The Labute approximate surface area is 205 Å². The van der Waals surface area contributed by atoms with Crippen LogP contribution in [0.1, 0.15) is 34.9 Å². The van der Waals surface area contributed by atoms with Crippen LogP contribution >= 0.6 is 0 Å². The predicted molar refractivity (Wildman–Crippen MR) is 135 cm³/mol. The highest BCUT2D eigenvalue weighted by Gasteiger charge is 2.35. The summed E-state index contributed by atoms with van der Waals surface area (Å²) in [6.45, 7) is 0.404. The van der Waals surface area contributed by atoms with Crippen molar-refractivity contribution in [2.75, 3.05) is 20.2 Å². The van der Waals surface area contributed by atoms with Crippen LogP contribution in [0.25, 0.3) is 11.1 Å². The maximum absolute atomic E-state index is 13.3. The molecule has 7 nitrogen and oxygen atoms in total. The minimum absolute atomic E-state index is 0.101. The van der Waals surface area contributed by atoms with E-state index in [2.05, 4.69) is 10.5 Å². The van der Waals surface area contributed by atoms with E-state index >= 15 is 0 Å². The van der Waals surface area contributed by atoms with Crippen LogP contribution in [-0.4, -0.2) is 53.8 Å². The van der Waals surface area contributed by atoms with Gasteiger partial charge >= 0.3 is 0 Å². The SMILES string of the molecule is CON=C1C[C@@H](CC(=O)NC[C@H](O)c2ccccc2)N(C(=O)c2ccc(-c3ccccc3)cc2)C1. The molecule has 180 valence electrons. The lowest BCUT2D eigenvalue weighted by molar-refractivity contribution is -0.122. The lowest BCUT2D eigenvalue weighted by Gasteiger charge is -2.24. The van der Waals surface area contributed by atoms with Crippen molar-refractivity contribution in [1.29, 1.82) is 0 Å². The van der Waals surface area contributed by atoms with Crippen molar-refractivity contribution in [3.63, 3.8) is 0 Å². The van der Waals surface area contributed by atoms with E-state index in [1.165, 1.54) is 7.11 Å². The number of rotatable bonds is 8. The van der Waals surface area contributed by atoms with Gasteiger partial charge in [-0.2, -0.15) is 0 Å². The molecule has 4 rings (SSSR count). The van der Waals surface area contributed by atoms with Crippen LogP contribution < -0.4 is 5.32 Å². The van der Waals surface area contributed by atoms with Crippen molar-refractivity contribution in [1.82, 2.24) is 10.2 Å². The van der Waals surface area contributed by atoms with Gasteiger partial charge in [0.25, 0.3) is 5.91 Å². The first-order valence-corrected chi connectivity index (χ1v) is 11.6. The first-order valence-electron chi connectivity index (χ1n) is 11.6.